The molecule has 1 aromatic heterocycles. The van der Waals surface area contributed by atoms with Gasteiger partial charge in [0.1, 0.15) is 6.04 Å². The Labute approximate surface area is 133 Å². The van der Waals surface area contributed by atoms with Gasteiger partial charge in [-0.3, -0.25) is 9.59 Å². The molecule has 0 spiro atoms. The lowest BCUT2D eigenvalue weighted by Crippen LogP contribution is -2.47. The number of imidazole rings is 1. The number of carboxylic acids is 1. The molecular formula is C16H20N4O3. The number of aliphatic carboxylic acids is 1. The van der Waals surface area contributed by atoms with Crippen LogP contribution in [0.1, 0.15) is 17.2 Å². The highest BCUT2D eigenvalue weighted by molar-refractivity contribution is 5.95. The quantitative estimate of drug-likeness (QED) is 0.663. The predicted octanol–water partition coefficient (Wildman–Crippen LogP) is 0.0547. The van der Waals surface area contributed by atoms with Crippen molar-refractivity contribution in [3.8, 4) is 0 Å². The van der Waals surface area contributed by atoms with E-state index in [1.165, 1.54) is 6.33 Å². The maximum absolute atomic E-state index is 12.7. The SMILES string of the molecule is Cn1cnc(C(C(=O)C(N)Cc2ccccc2)C(N)C(=O)O)c1. The van der Waals surface area contributed by atoms with Crippen LogP contribution in [0.25, 0.3) is 0 Å². The molecule has 0 amide bonds. The van der Waals surface area contributed by atoms with Gasteiger partial charge in [0, 0.05) is 13.2 Å². The van der Waals surface area contributed by atoms with Crippen molar-refractivity contribution in [2.75, 3.05) is 0 Å². The van der Waals surface area contributed by atoms with Crippen LogP contribution in [-0.2, 0) is 23.1 Å². The first-order chi connectivity index (χ1) is 10.9. The minimum absolute atomic E-state index is 0.315. The third-order valence-corrected chi connectivity index (χ3v) is 3.66. The van der Waals surface area contributed by atoms with Gasteiger partial charge in [-0.25, -0.2) is 4.98 Å². The van der Waals surface area contributed by atoms with Gasteiger partial charge in [0.2, 0.25) is 0 Å². The Morgan fingerprint density at radius 2 is 1.91 bits per heavy atom. The van der Waals surface area contributed by atoms with Crippen LogP contribution in [0.3, 0.4) is 0 Å². The van der Waals surface area contributed by atoms with Gasteiger partial charge >= 0.3 is 5.97 Å². The number of hydrogen-bond acceptors (Lipinski definition) is 5. The zero-order valence-corrected chi connectivity index (χ0v) is 12.8. The lowest BCUT2D eigenvalue weighted by molar-refractivity contribution is -0.141. The molecule has 7 heteroatoms. The molecule has 23 heavy (non-hydrogen) atoms. The summed E-state index contributed by atoms with van der Waals surface area (Å²) >= 11 is 0. The largest absolute Gasteiger partial charge is 0.480 e. The number of aromatic nitrogens is 2. The Morgan fingerprint density at radius 1 is 1.26 bits per heavy atom. The van der Waals surface area contributed by atoms with Crippen LogP contribution in [0, 0.1) is 0 Å². The average Bonchev–Trinajstić information content (AvgIpc) is 2.94. The molecule has 1 heterocycles. The number of carboxylic acid groups (broad SMARTS) is 1. The Bertz CT molecular complexity index is 684. The molecule has 0 aliphatic carbocycles. The molecule has 0 aliphatic rings. The van der Waals surface area contributed by atoms with Crippen LogP contribution >= 0.6 is 0 Å². The van der Waals surface area contributed by atoms with Crippen molar-refractivity contribution in [3.63, 3.8) is 0 Å². The second-order valence-corrected chi connectivity index (χ2v) is 5.50. The number of Topliss-reactive ketones (excluding diaryl/α,β-unsaturated/α-hetero) is 1. The number of rotatable bonds is 7. The minimum Gasteiger partial charge on any atom is -0.480 e. The minimum atomic E-state index is -1.39. The lowest BCUT2D eigenvalue weighted by Gasteiger charge is -2.21. The molecule has 122 valence electrons. The molecule has 1 aromatic carbocycles. The second kappa shape index (κ2) is 7.17. The Balaban J connectivity index is 2.24. The smallest absolute Gasteiger partial charge is 0.321 e. The molecule has 3 unspecified atom stereocenters. The summed E-state index contributed by atoms with van der Waals surface area (Å²) in [5, 5.41) is 9.19. The first-order valence-corrected chi connectivity index (χ1v) is 7.19. The van der Waals surface area contributed by atoms with Gasteiger partial charge in [-0.05, 0) is 12.0 Å². The van der Waals surface area contributed by atoms with E-state index in [0.29, 0.717) is 12.1 Å². The fourth-order valence-corrected chi connectivity index (χ4v) is 2.44. The molecule has 7 nitrogen and oxygen atoms in total. The predicted molar refractivity (Wildman–Crippen MR) is 84.7 cm³/mol. The van der Waals surface area contributed by atoms with E-state index < -0.39 is 29.8 Å². The first kappa shape index (κ1) is 16.9. The maximum Gasteiger partial charge on any atom is 0.321 e. The summed E-state index contributed by atoms with van der Waals surface area (Å²) in [4.78, 5) is 28.0. The van der Waals surface area contributed by atoms with E-state index in [-0.39, 0.29) is 0 Å². The molecule has 3 atom stereocenters. The second-order valence-electron chi connectivity index (χ2n) is 5.50. The number of benzene rings is 1. The molecule has 2 rings (SSSR count). The summed E-state index contributed by atoms with van der Waals surface area (Å²) in [5.74, 6) is -2.77. The van der Waals surface area contributed by atoms with Crippen molar-refractivity contribution < 1.29 is 14.7 Å². The number of carbonyl (C=O) groups excluding carboxylic acids is 1. The summed E-state index contributed by atoms with van der Waals surface area (Å²) < 4.78 is 1.63. The highest BCUT2D eigenvalue weighted by Gasteiger charge is 2.36. The van der Waals surface area contributed by atoms with E-state index in [1.54, 1.807) is 17.8 Å². The maximum atomic E-state index is 12.7. The molecule has 5 N–H and O–H groups in total. The van der Waals surface area contributed by atoms with Crippen LogP contribution in [0.5, 0.6) is 0 Å². The summed E-state index contributed by atoms with van der Waals surface area (Å²) in [6.07, 6.45) is 3.39. The standard InChI is InChI=1S/C16H20N4O3/c1-20-8-12(19-9-20)13(14(18)16(22)23)15(21)11(17)7-10-5-3-2-4-6-10/h2-6,8-9,11,13-14H,7,17-18H2,1H3,(H,22,23). The number of nitrogens with zero attached hydrogens (tertiary/aromatic N) is 2. The lowest BCUT2D eigenvalue weighted by atomic mass is 9.87. The number of nitrogens with two attached hydrogens (primary N) is 2. The molecule has 0 radical (unpaired) electrons. The molecule has 0 saturated heterocycles. The Hall–Kier alpha value is -2.51. The highest BCUT2D eigenvalue weighted by atomic mass is 16.4. The monoisotopic (exact) mass is 316 g/mol. The first-order valence-electron chi connectivity index (χ1n) is 7.19. The Kier molecular flexibility index (Phi) is 5.25. The van der Waals surface area contributed by atoms with Crippen molar-refractivity contribution in [1.29, 1.82) is 0 Å². The number of hydrogen-bond donors (Lipinski definition) is 3. The van der Waals surface area contributed by atoms with Crippen molar-refractivity contribution in [2.24, 2.45) is 18.5 Å². The van der Waals surface area contributed by atoms with E-state index in [9.17, 15) is 14.7 Å². The van der Waals surface area contributed by atoms with Gasteiger partial charge in [0.15, 0.2) is 5.78 Å². The van der Waals surface area contributed by atoms with Crippen LogP contribution in [0.2, 0.25) is 0 Å². The van der Waals surface area contributed by atoms with Crippen molar-refractivity contribution in [2.45, 2.75) is 24.4 Å². The van der Waals surface area contributed by atoms with E-state index in [2.05, 4.69) is 4.98 Å². The van der Waals surface area contributed by atoms with Gasteiger partial charge < -0.3 is 21.1 Å². The number of aryl methyl sites for hydroxylation is 1. The van der Waals surface area contributed by atoms with E-state index >= 15 is 0 Å². The topological polar surface area (TPSA) is 124 Å². The average molecular weight is 316 g/mol. The molecule has 0 bridgehead atoms. The summed E-state index contributed by atoms with van der Waals surface area (Å²) in [7, 11) is 1.73. The zero-order valence-electron chi connectivity index (χ0n) is 12.8. The fraction of sp³-hybridized carbons (Fsp3) is 0.312. The van der Waals surface area contributed by atoms with Crippen LogP contribution in [-0.4, -0.2) is 38.5 Å². The molecule has 0 saturated carbocycles. The summed E-state index contributed by atoms with van der Waals surface area (Å²) in [5.41, 5.74) is 12.9. The van der Waals surface area contributed by atoms with Gasteiger partial charge in [0.05, 0.1) is 24.0 Å². The summed E-state index contributed by atoms with van der Waals surface area (Å²) in [6.45, 7) is 0. The number of carbonyl (C=O) groups is 2. The van der Waals surface area contributed by atoms with E-state index in [4.69, 9.17) is 11.5 Å². The van der Waals surface area contributed by atoms with Gasteiger partial charge in [-0.2, -0.15) is 0 Å². The van der Waals surface area contributed by atoms with Crippen molar-refractivity contribution >= 4 is 11.8 Å². The van der Waals surface area contributed by atoms with Gasteiger partial charge in [-0.1, -0.05) is 30.3 Å². The number of ketones is 1. The van der Waals surface area contributed by atoms with Crippen molar-refractivity contribution in [3.05, 3.63) is 54.1 Å². The van der Waals surface area contributed by atoms with E-state index in [1.807, 2.05) is 30.3 Å². The van der Waals surface area contributed by atoms with Crippen molar-refractivity contribution in [1.82, 2.24) is 9.55 Å². The molecule has 0 aliphatic heterocycles. The highest BCUT2D eigenvalue weighted by Crippen LogP contribution is 2.21. The fourth-order valence-electron chi connectivity index (χ4n) is 2.44. The zero-order chi connectivity index (χ0) is 17.0. The molecular weight excluding hydrogens is 296 g/mol. The molecule has 0 fully saturated rings. The van der Waals surface area contributed by atoms with Crippen LogP contribution < -0.4 is 11.5 Å². The normalized spacial score (nSPS) is 14.9. The Morgan fingerprint density at radius 3 is 2.43 bits per heavy atom. The van der Waals surface area contributed by atoms with Gasteiger partial charge in [-0.15, -0.1) is 0 Å². The van der Waals surface area contributed by atoms with Crippen LogP contribution in [0.15, 0.2) is 42.9 Å². The third-order valence-electron chi connectivity index (χ3n) is 3.66. The van der Waals surface area contributed by atoms with Crippen LogP contribution in [0.4, 0.5) is 0 Å². The molecule has 2 aromatic rings. The van der Waals surface area contributed by atoms with E-state index in [0.717, 1.165) is 5.56 Å². The third kappa shape index (κ3) is 4.02. The van der Waals surface area contributed by atoms with Gasteiger partial charge in [0.25, 0.3) is 0 Å². The summed E-state index contributed by atoms with van der Waals surface area (Å²) in [6, 6.07) is 7.06.